The number of ether oxygens (including phenoxy) is 2. The molecule has 0 aliphatic carbocycles. The molecule has 3 atom stereocenters. The third-order valence-corrected chi connectivity index (χ3v) is 12.6. The van der Waals surface area contributed by atoms with E-state index in [1.54, 1.807) is 29.5 Å². The molecule has 4 amide bonds. The summed E-state index contributed by atoms with van der Waals surface area (Å²) in [6, 6.07) is 13.7. The van der Waals surface area contributed by atoms with Crippen LogP contribution < -0.4 is 26.0 Å². The number of halogens is 2. The molecule has 0 bridgehead atoms. The molecule has 5 aromatic rings. The zero-order valence-corrected chi connectivity index (χ0v) is 41.4. The first kappa shape index (κ1) is 52.3. The second-order valence-electron chi connectivity index (χ2n) is 18.2. The van der Waals surface area contributed by atoms with Gasteiger partial charge in [-0.25, -0.2) is 19.3 Å². The summed E-state index contributed by atoms with van der Waals surface area (Å²) in [7, 11) is 3.79. The Hall–Kier alpha value is -6.05. The predicted octanol–water partition coefficient (Wildman–Crippen LogP) is 7.42. The Kier molecular flexibility index (Phi) is 18.6. The Labute approximate surface area is 411 Å². The minimum atomic E-state index is -0.917. The Morgan fingerprint density at radius 1 is 1.01 bits per heavy atom. The monoisotopic (exact) mass is 985 g/mol. The number of benzene rings is 3. The van der Waals surface area contributed by atoms with Gasteiger partial charge in [0.2, 0.25) is 23.6 Å². The van der Waals surface area contributed by atoms with Crippen molar-refractivity contribution in [2.45, 2.75) is 84.5 Å². The standard InChI is InChI=1S/C50H61ClFN9O7S/c1-31-45(69-30-56-31)33-15-13-32(14-16-33)27-53-48(65)41-24-35(62)28-61(41)49(66)46(50(2,3)4)59-44(64)11-8-7-9-20-67-21-22-68-42-26-39-36(25-40(42)58-43(63)12-10-19-60(5)6)47(55-29-54-39)57-34-17-18-38(52)37(51)23-34/h10,12-18,23,25-26,29-30,35,41,46,62H,7-9,11,19-22,24,27-28H2,1-6H3,(H,53,65)(H,58,63)(H,59,64)(H,54,55,57)/b12-10+/t35?,41?,46-/m1/s1. The predicted molar refractivity (Wildman–Crippen MR) is 267 cm³/mol. The third kappa shape index (κ3) is 15.0. The van der Waals surface area contributed by atoms with Crippen molar-refractivity contribution in [3.8, 4) is 16.2 Å². The average Bonchev–Trinajstić information content (AvgIpc) is 3.92. The zero-order valence-electron chi connectivity index (χ0n) is 39.8. The van der Waals surface area contributed by atoms with E-state index in [0.717, 1.165) is 21.7 Å². The Balaban J connectivity index is 0.955. The van der Waals surface area contributed by atoms with Gasteiger partial charge in [0.1, 0.15) is 42.4 Å². The second-order valence-corrected chi connectivity index (χ2v) is 19.5. The number of carbonyl (C=O) groups is 4. The van der Waals surface area contributed by atoms with Gasteiger partial charge in [-0.2, -0.15) is 0 Å². The number of anilines is 3. The number of unbranched alkanes of at least 4 members (excludes halogenated alkanes) is 2. The molecule has 69 heavy (non-hydrogen) atoms. The quantitative estimate of drug-likeness (QED) is 0.0340. The van der Waals surface area contributed by atoms with Crippen LogP contribution in [0.3, 0.4) is 0 Å². The van der Waals surface area contributed by atoms with Gasteiger partial charge < -0.3 is 45.6 Å². The highest BCUT2D eigenvalue weighted by Crippen LogP contribution is 2.34. The van der Waals surface area contributed by atoms with Gasteiger partial charge in [-0.05, 0) is 74.7 Å². The van der Waals surface area contributed by atoms with Crippen molar-refractivity contribution in [2.75, 3.05) is 57.6 Å². The molecule has 368 valence electrons. The number of aromatic nitrogens is 3. The van der Waals surface area contributed by atoms with Crippen molar-refractivity contribution < 1.29 is 38.1 Å². The molecule has 19 heteroatoms. The SMILES string of the molecule is Cc1ncsc1-c1ccc(CNC(=O)C2CC(O)CN2C(=O)[C@@H](NC(=O)CCCCCOCCOc2cc3ncnc(Nc4ccc(F)c(Cl)c4)c3cc2NC(=O)/C=C/CN(C)C)C(C)(C)C)cc1. The van der Waals surface area contributed by atoms with E-state index in [-0.39, 0.29) is 61.9 Å². The molecule has 5 N–H and O–H groups in total. The number of rotatable bonds is 22. The minimum absolute atomic E-state index is 0.00787. The molecular formula is C50H61ClFN9O7S. The van der Waals surface area contributed by atoms with Crippen molar-refractivity contribution >= 4 is 74.7 Å². The molecule has 3 aromatic carbocycles. The number of aliphatic hydroxyl groups excluding tert-OH is 1. The lowest BCUT2D eigenvalue weighted by atomic mass is 9.85. The molecule has 1 saturated heterocycles. The van der Waals surface area contributed by atoms with Gasteiger partial charge in [-0.3, -0.25) is 19.2 Å². The number of aryl methyl sites for hydroxylation is 1. The Bertz CT molecular complexity index is 2610. The molecule has 2 unspecified atom stereocenters. The number of nitrogens with zero attached hydrogens (tertiary/aromatic N) is 5. The van der Waals surface area contributed by atoms with Gasteiger partial charge in [0.15, 0.2) is 0 Å². The number of hydrogen-bond acceptors (Lipinski definition) is 13. The van der Waals surface area contributed by atoms with Gasteiger partial charge in [0.25, 0.3) is 0 Å². The summed E-state index contributed by atoms with van der Waals surface area (Å²) in [5.74, 6) is -1.19. The smallest absolute Gasteiger partial charge is 0.248 e. The lowest BCUT2D eigenvalue weighted by Gasteiger charge is -2.35. The maximum absolute atomic E-state index is 14.1. The van der Waals surface area contributed by atoms with Crippen molar-refractivity contribution in [1.82, 2.24) is 35.4 Å². The number of thiazole rings is 1. The van der Waals surface area contributed by atoms with Crippen molar-refractivity contribution in [2.24, 2.45) is 5.41 Å². The van der Waals surface area contributed by atoms with E-state index in [0.29, 0.717) is 66.3 Å². The molecule has 1 aliphatic heterocycles. The zero-order chi connectivity index (χ0) is 49.7. The van der Waals surface area contributed by atoms with Crippen LogP contribution in [-0.4, -0.2) is 119 Å². The summed E-state index contributed by atoms with van der Waals surface area (Å²) in [4.78, 5) is 71.2. The van der Waals surface area contributed by atoms with Gasteiger partial charge in [-0.15, -0.1) is 11.3 Å². The molecule has 0 radical (unpaired) electrons. The number of aliphatic hydroxyl groups is 1. The number of carbonyl (C=O) groups excluding carboxylic acids is 4. The first-order chi connectivity index (χ1) is 33.0. The summed E-state index contributed by atoms with van der Waals surface area (Å²) in [5.41, 5.74) is 5.45. The van der Waals surface area contributed by atoms with Gasteiger partial charge in [-0.1, -0.05) is 69.1 Å². The number of fused-ring (bicyclic) bond motifs is 1. The fraction of sp³-hybridized carbons (Fsp3) is 0.420. The summed E-state index contributed by atoms with van der Waals surface area (Å²) in [6.07, 6.45) is 5.91. The maximum atomic E-state index is 14.1. The van der Waals surface area contributed by atoms with Gasteiger partial charge >= 0.3 is 0 Å². The number of nitrogens with one attached hydrogen (secondary N) is 4. The van der Waals surface area contributed by atoms with E-state index in [1.807, 2.05) is 76.5 Å². The second kappa shape index (κ2) is 24.5. The van der Waals surface area contributed by atoms with Crippen LogP contribution in [0.25, 0.3) is 21.3 Å². The van der Waals surface area contributed by atoms with Crippen LogP contribution >= 0.6 is 22.9 Å². The van der Waals surface area contributed by atoms with Crippen molar-refractivity contribution in [3.63, 3.8) is 0 Å². The summed E-state index contributed by atoms with van der Waals surface area (Å²) >= 11 is 7.57. The fourth-order valence-corrected chi connectivity index (χ4v) is 8.64. The van der Waals surface area contributed by atoms with Gasteiger partial charge in [0, 0.05) is 62.3 Å². The van der Waals surface area contributed by atoms with E-state index in [9.17, 15) is 28.7 Å². The Morgan fingerprint density at radius 3 is 2.51 bits per heavy atom. The van der Waals surface area contributed by atoms with Gasteiger partial charge in [0.05, 0.1) is 45.0 Å². The number of amides is 4. The lowest BCUT2D eigenvalue weighted by Crippen LogP contribution is -2.57. The highest BCUT2D eigenvalue weighted by atomic mass is 35.5. The molecular weight excluding hydrogens is 925 g/mol. The van der Waals surface area contributed by atoms with Crippen LogP contribution in [0.15, 0.2) is 78.6 Å². The van der Waals surface area contributed by atoms with E-state index >= 15 is 0 Å². The minimum Gasteiger partial charge on any atom is -0.489 e. The summed E-state index contributed by atoms with van der Waals surface area (Å²) in [5, 5.41) is 23.0. The average molecular weight is 987 g/mol. The number of likely N-dealkylation sites (tertiary alicyclic amines) is 1. The lowest BCUT2D eigenvalue weighted by molar-refractivity contribution is -0.144. The molecule has 3 heterocycles. The summed E-state index contributed by atoms with van der Waals surface area (Å²) < 4.78 is 25.8. The molecule has 16 nitrogen and oxygen atoms in total. The normalized spacial score (nSPS) is 15.4. The number of β-amino-alcohol motifs (C(OH)–C–C–N with tert-alkyl or cyclic N) is 1. The van der Waals surface area contributed by atoms with Crippen LogP contribution in [0.4, 0.5) is 21.6 Å². The van der Waals surface area contributed by atoms with Crippen LogP contribution in [0.1, 0.15) is 64.1 Å². The van der Waals surface area contributed by atoms with E-state index in [1.165, 1.54) is 35.5 Å². The topological polar surface area (TPSA) is 200 Å². The van der Waals surface area contributed by atoms with Crippen molar-refractivity contribution in [1.29, 1.82) is 0 Å². The van der Waals surface area contributed by atoms with Crippen molar-refractivity contribution in [3.05, 3.63) is 101 Å². The highest BCUT2D eigenvalue weighted by molar-refractivity contribution is 7.13. The number of hydrogen-bond donors (Lipinski definition) is 5. The van der Waals surface area contributed by atoms with Crippen LogP contribution in [0.5, 0.6) is 5.75 Å². The number of likely N-dealkylation sites (N-methyl/N-ethyl adjacent to an activating group) is 1. The molecule has 2 aromatic heterocycles. The Morgan fingerprint density at radius 2 is 1.80 bits per heavy atom. The maximum Gasteiger partial charge on any atom is 0.248 e. The largest absolute Gasteiger partial charge is 0.489 e. The fourth-order valence-electron chi connectivity index (χ4n) is 7.65. The first-order valence-electron chi connectivity index (χ1n) is 22.9. The molecule has 0 saturated carbocycles. The first-order valence-corrected chi connectivity index (χ1v) is 24.1. The van der Waals surface area contributed by atoms with E-state index in [2.05, 4.69) is 36.2 Å². The molecule has 1 aliphatic rings. The van der Waals surface area contributed by atoms with Crippen LogP contribution in [0.2, 0.25) is 5.02 Å². The third-order valence-electron chi connectivity index (χ3n) is 11.3. The van der Waals surface area contributed by atoms with E-state index in [4.69, 9.17) is 21.1 Å². The van der Waals surface area contributed by atoms with Crippen LogP contribution in [0, 0.1) is 18.2 Å². The highest BCUT2D eigenvalue weighted by Gasteiger charge is 2.44. The molecule has 0 spiro atoms. The summed E-state index contributed by atoms with van der Waals surface area (Å²) in [6.45, 7) is 9.18. The molecule has 1 fully saturated rings. The van der Waals surface area contributed by atoms with Crippen LogP contribution in [-0.2, 0) is 30.5 Å². The molecule has 6 rings (SSSR count). The van der Waals surface area contributed by atoms with E-state index < -0.39 is 35.3 Å².